The standard InChI is InChI=1S/C14H20O3/c1-3-4-5-12-6-8-13(9-7-12)17-14(16)10-11(2)15/h6-9,11,15H,3-5,10H2,1-2H3. The maximum Gasteiger partial charge on any atom is 0.313 e. The van der Waals surface area contributed by atoms with Crippen LogP contribution in [-0.2, 0) is 11.2 Å². The molecule has 0 radical (unpaired) electrons. The fourth-order valence-corrected chi connectivity index (χ4v) is 1.52. The van der Waals surface area contributed by atoms with Crippen LogP contribution in [0.3, 0.4) is 0 Å². The third kappa shape index (κ3) is 5.50. The van der Waals surface area contributed by atoms with E-state index < -0.39 is 12.1 Å². The maximum absolute atomic E-state index is 11.3. The molecular formula is C14H20O3. The molecule has 1 atom stereocenters. The second-order valence-electron chi connectivity index (χ2n) is 4.27. The number of carbonyl (C=O) groups excluding carboxylic acids is 1. The number of esters is 1. The first-order valence-electron chi connectivity index (χ1n) is 6.09. The Kier molecular flexibility index (Phi) is 5.70. The molecule has 0 aliphatic rings. The Morgan fingerprint density at radius 3 is 2.53 bits per heavy atom. The monoisotopic (exact) mass is 236 g/mol. The summed E-state index contributed by atoms with van der Waals surface area (Å²) in [5.74, 6) is 0.136. The van der Waals surface area contributed by atoms with Crippen molar-refractivity contribution in [2.45, 2.75) is 45.6 Å². The zero-order valence-electron chi connectivity index (χ0n) is 10.5. The van der Waals surface area contributed by atoms with Crippen LogP contribution in [0.25, 0.3) is 0 Å². The molecule has 1 aromatic carbocycles. The molecule has 0 fully saturated rings. The minimum Gasteiger partial charge on any atom is -0.426 e. The number of aliphatic hydroxyl groups excluding tert-OH is 1. The molecule has 17 heavy (non-hydrogen) atoms. The topological polar surface area (TPSA) is 46.5 Å². The lowest BCUT2D eigenvalue weighted by atomic mass is 10.1. The first-order chi connectivity index (χ1) is 8.11. The summed E-state index contributed by atoms with van der Waals surface area (Å²) in [5, 5.41) is 9.04. The van der Waals surface area contributed by atoms with Crippen LogP contribution in [0.2, 0.25) is 0 Å². The van der Waals surface area contributed by atoms with Gasteiger partial charge >= 0.3 is 5.97 Å². The van der Waals surface area contributed by atoms with Crippen molar-refractivity contribution in [3.05, 3.63) is 29.8 Å². The average molecular weight is 236 g/mol. The molecule has 0 aliphatic heterocycles. The molecular weight excluding hydrogens is 216 g/mol. The fraction of sp³-hybridized carbons (Fsp3) is 0.500. The van der Waals surface area contributed by atoms with Gasteiger partial charge in [-0.1, -0.05) is 25.5 Å². The fourth-order valence-electron chi connectivity index (χ4n) is 1.52. The van der Waals surface area contributed by atoms with Crippen molar-refractivity contribution in [1.29, 1.82) is 0 Å². The van der Waals surface area contributed by atoms with Crippen LogP contribution in [0.15, 0.2) is 24.3 Å². The van der Waals surface area contributed by atoms with Gasteiger partial charge in [-0.15, -0.1) is 0 Å². The normalized spacial score (nSPS) is 12.2. The van der Waals surface area contributed by atoms with Gasteiger partial charge in [0.1, 0.15) is 5.75 Å². The van der Waals surface area contributed by atoms with Crippen molar-refractivity contribution in [3.8, 4) is 5.75 Å². The zero-order valence-corrected chi connectivity index (χ0v) is 10.5. The van der Waals surface area contributed by atoms with Gasteiger partial charge in [-0.2, -0.15) is 0 Å². The van der Waals surface area contributed by atoms with E-state index in [1.54, 1.807) is 19.1 Å². The molecule has 3 nitrogen and oxygen atoms in total. The van der Waals surface area contributed by atoms with E-state index in [0.717, 1.165) is 6.42 Å². The molecule has 0 saturated carbocycles. The number of benzene rings is 1. The lowest BCUT2D eigenvalue weighted by Gasteiger charge is -2.06. The zero-order chi connectivity index (χ0) is 12.7. The molecule has 0 aromatic heterocycles. The van der Waals surface area contributed by atoms with E-state index in [9.17, 15) is 4.79 Å². The van der Waals surface area contributed by atoms with E-state index in [4.69, 9.17) is 9.84 Å². The van der Waals surface area contributed by atoms with Crippen LogP contribution in [0, 0.1) is 0 Å². The summed E-state index contributed by atoms with van der Waals surface area (Å²) >= 11 is 0. The molecule has 0 saturated heterocycles. The Hall–Kier alpha value is -1.35. The van der Waals surface area contributed by atoms with Gasteiger partial charge in [-0.25, -0.2) is 0 Å². The largest absolute Gasteiger partial charge is 0.426 e. The van der Waals surface area contributed by atoms with Crippen molar-refractivity contribution in [3.63, 3.8) is 0 Å². The van der Waals surface area contributed by atoms with Gasteiger partial charge in [0, 0.05) is 0 Å². The van der Waals surface area contributed by atoms with Gasteiger partial charge in [0.05, 0.1) is 12.5 Å². The molecule has 0 heterocycles. The van der Waals surface area contributed by atoms with Crippen molar-refractivity contribution < 1.29 is 14.6 Å². The van der Waals surface area contributed by atoms with E-state index >= 15 is 0 Å². The highest BCUT2D eigenvalue weighted by atomic mass is 16.5. The summed E-state index contributed by atoms with van der Waals surface area (Å²) in [5.41, 5.74) is 1.25. The second-order valence-corrected chi connectivity index (χ2v) is 4.27. The second kappa shape index (κ2) is 7.07. The third-order valence-corrected chi connectivity index (χ3v) is 2.44. The van der Waals surface area contributed by atoms with E-state index in [-0.39, 0.29) is 6.42 Å². The van der Waals surface area contributed by atoms with E-state index in [1.165, 1.54) is 18.4 Å². The number of aryl methyl sites for hydroxylation is 1. The lowest BCUT2D eigenvalue weighted by Crippen LogP contribution is -2.14. The predicted octanol–water partition coefficient (Wildman–Crippen LogP) is 2.71. The lowest BCUT2D eigenvalue weighted by molar-refractivity contribution is -0.136. The smallest absolute Gasteiger partial charge is 0.313 e. The summed E-state index contributed by atoms with van der Waals surface area (Å²) in [6, 6.07) is 7.54. The predicted molar refractivity (Wildman–Crippen MR) is 67.0 cm³/mol. The first-order valence-corrected chi connectivity index (χ1v) is 6.09. The number of carbonyl (C=O) groups is 1. The van der Waals surface area contributed by atoms with Crippen molar-refractivity contribution in [1.82, 2.24) is 0 Å². The molecule has 0 aliphatic carbocycles. The average Bonchev–Trinajstić information content (AvgIpc) is 2.27. The highest BCUT2D eigenvalue weighted by molar-refractivity contribution is 5.72. The van der Waals surface area contributed by atoms with Crippen LogP contribution in [-0.4, -0.2) is 17.2 Å². The number of hydrogen-bond acceptors (Lipinski definition) is 3. The highest BCUT2D eigenvalue weighted by Gasteiger charge is 2.08. The van der Waals surface area contributed by atoms with Gasteiger partial charge < -0.3 is 9.84 Å². The quantitative estimate of drug-likeness (QED) is 0.610. The number of aliphatic hydroxyl groups is 1. The Balaban J connectivity index is 2.47. The summed E-state index contributed by atoms with van der Waals surface area (Å²) in [4.78, 5) is 11.3. The molecule has 0 bridgehead atoms. The molecule has 1 rings (SSSR count). The summed E-state index contributed by atoms with van der Waals surface area (Å²) in [7, 11) is 0. The van der Waals surface area contributed by atoms with E-state index in [2.05, 4.69) is 6.92 Å². The SMILES string of the molecule is CCCCc1ccc(OC(=O)CC(C)O)cc1. The van der Waals surface area contributed by atoms with Gasteiger partial charge in [0.15, 0.2) is 0 Å². The Morgan fingerprint density at radius 2 is 2.00 bits per heavy atom. The number of hydrogen-bond donors (Lipinski definition) is 1. The van der Waals surface area contributed by atoms with Crippen LogP contribution in [0.4, 0.5) is 0 Å². The summed E-state index contributed by atoms with van der Waals surface area (Å²) in [6.07, 6.45) is 2.76. The molecule has 94 valence electrons. The van der Waals surface area contributed by atoms with Crippen LogP contribution >= 0.6 is 0 Å². The van der Waals surface area contributed by atoms with E-state index in [1.807, 2.05) is 12.1 Å². The van der Waals surface area contributed by atoms with Gasteiger partial charge in [-0.05, 0) is 37.5 Å². The molecule has 0 amide bonds. The van der Waals surface area contributed by atoms with Crippen LogP contribution < -0.4 is 4.74 Å². The molecule has 0 spiro atoms. The van der Waals surface area contributed by atoms with Gasteiger partial charge in [0.2, 0.25) is 0 Å². The highest BCUT2D eigenvalue weighted by Crippen LogP contribution is 2.14. The minimum atomic E-state index is -0.661. The number of unbranched alkanes of at least 4 members (excludes halogenated alkanes) is 1. The van der Waals surface area contributed by atoms with Crippen LogP contribution in [0.5, 0.6) is 5.75 Å². The Labute approximate surface area is 102 Å². The molecule has 1 aromatic rings. The summed E-state index contributed by atoms with van der Waals surface area (Å²) in [6.45, 7) is 3.72. The third-order valence-electron chi connectivity index (χ3n) is 2.44. The number of ether oxygens (including phenoxy) is 1. The van der Waals surface area contributed by atoms with Gasteiger partial charge in [0.25, 0.3) is 0 Å². The number of rotatable bonds is 6. The first kappa shape index (κ1) is 13.7. The van der Waals surface area contributed by atoms with Crippen molar-refractivity contribution in [2.75, 3.05) is 0 Å². The van der Waals surface area contributed by atoms with Crippen molar-refractivity contribution >= 4 is 5.97 Å². The minimum absolute atomic E-state index is 0.0254. The maximum atomic E-state index is 11.3. The molecule has 1 N–H and O–H groups in total. The Bertz CT molecular complexity index is 341. The molecule has 1 unspecified atom stereocenters. The summed E-state index contributed by atoms with van der Waals surface area (Å²) < 4.78 is 5.09. The van der Waals surface area contributed by atoms with Crippen LogP contribution in [0.1, 0.15) is 38.7 Å². The van der Waals surface area contributed by atoms with E-state index in [0.29, 0.717) is 5.75 Å². The van der Waals surface area contributed by atoms with Gasteiger partial charge in [-0.3, -0.25) is 4.79 Å². The molecule has 3 heteroatoms. The Morgan fingerprint density at radius 1 is 1.35 bits per heavy atom. The van der Waals surface area contributed by atoms with Crippen molar-refractivity contribution in [2.24, 2.45) is 0 Å².